The summed E-state index contributed by atoms with van der Waals surface area (Å²) in [6.45, 7) is 4.51. The highest BCUT2D eigenvalue weighted by Gasteiger charge is 2.32. The molecule has 0 heterocycles. The maximum atomic E-state index is 11.5. The van der Waals surface area contributed by atoms with Crippen molar-refractivity contribution in [1.29, 1.82) is 0 Å². The number of rotatable bonds is 34. The second kappa shape index (κ2) is 31.0. The van der Waals surface area contributed by atoms with Gasteiger partial charge >= 0.3 is 7.82 Å². The highest BCUT2D eigenvalue weighted by atomic mass is 31.2. The predicted octanol–water partition coefficient (Wildman–Crippen LogP) is 10.9. The molecule has 6 nitrogen and oxygen atoms in total. The summed E-state index contributed by atoms with van der Waals surface area (Å²) in [5.74, 6) is 0. The van der Waals surface area contributed by atoms with Crippen LogP contribution in [0.5, 0.6) is 0 Å². The molecule has 0 aliphatic carbocycles. The Morgan fingerprint density at radius 2 is 0.714 bits per heavy atom. The zero-order valence-electron chi connectivity index (χ0n) is 28.0. The molecule has 2 unspecified atom stereocenters. The number of phosphoric ester groups is 1. The van der Waals surface area contributed by atoms with Gasteiger partial charge in [0.2, 0.25) is 0 Å². The average molecular weight is 621 g/mol. The van der Waals surface area contributed by atoms with Crippen LogP contribution in [-0.2, 0) is 9.09 Å². The molecule has 0 aliphatic heterocycles. The molecule has 254 valence electrons. The Bertz CT molecular complexity index is 584. The third-order valence-corrected chi connectivity index (χ3v) is 9.29. The topological polar surface area (TPSA) is 107 Å². The first-order valence-corrected chi connectivity index (χ1v) is 19.9. The van der Waals surface area contributed by atoms with Crippen LogP contribution in [0.1, 0.15) is 206 Å². The Morgan fingerprint density at radius 1 is 0.452 bits per heavy atom. The number of phosphoric acid groups is 1. The quantitative estimate of drug-likeness (QED) is 0.0421. The molecule has 7 heteroatoms. The van der Waals surface area contributed by atoms with Gasteiger partial charge in [0.25, 0.3) is 0 Å². The molecular formula is C35H73O6P. The largest absolute Gasteiger partial charge is 0.469 e. The van der Waals surface area contributed by atoms with Crippen LogP contribution in [0.3, 0.4) is 0 Å². The lowest BCUT2D eigenvalue weighted by atomic mass is 9.97. The Hall–Kier alpha value is 0.0300. The normalized spacial score (nSPS) is 14.3. The van der Waals surface area contributed by atoms with Crippen molar-refractivity contribution in [3.05, 3.63) is 0 Å². The van der Waals surface area contributed by atoms with E-state index in [1.165, 1.54) is 141 Å². The monoisotopic (exact) mass is 621 g/mol. The minimum absolute atomic E-state index is 0.347. The van der Waals surface area contributed by atoms with E-state index in [4.69, 9.17) is 4.52 Å². The van der Waals surface area contributed by atoms with Crippen LogP contribution in [0, 0.1) is 0 Å². The molecule has 0 amide bonds. The van der Waals surface area contributed by atoms with Gasteiger partial charge in [0.05, 0.1) is 12.2 Å². The second-order valence-electron chi connectivity index (χ2n) is 13.0. The van der Waals surface area contributed by atoms with Gasteiger partial charge in [0.1, 0.15) is 6.10 Å². The standard InChI is InChI=1S/C35H73O6P/c1-3-5-7-9-11-13-15-17-19-21-23-25-27-29-31-33(36)35(37)34(41-42(38,39)40)32-30-28-26-24-22-20-18-16-14-12-10-8-6-4-2/h33-37H,3-32H2,1-2H3,(H2,38,39,40)/t33?,34?,35-/m1/s1. The number of hydrogen-bond acceptors (Lipinski definition) is 4. The van der Waals surface area contributed by atoms with E-state index in [2.05, 4.69) is 13.8 Å². The first-order valence-electron chi connectivity index (χ1n) is 18.4. The van der Waals surface area contributed by atoms with Gasteiger partial charge in [-0.05, 0) is 12.8 Å². The lowest BCUT2D eigenvalue weighted by molar-refractivity contribution is -0.0628. The first kappa shape index (κ1) is 42.0. The summed E-state index contributed by atoms with van der Waals surface area (Å²) < 4.78 is 16.4. The third kappa shape index (κ3) is 30.1. The van der Waals surface area contributed by atoms with Crippen molar-refractivity contribution in [2.75, 3.05) is 0 Å². The van der Waals surface area contributed by atoms with Gasteiger partial charge in [-0.15, -0.1) is 0 Å². The van der Waals surface area contributed by atoms with E-state index >= 15 is 0 Å². The fourth-order valence-electron chi connectivity index (χ4n) is 5.97. The van der Waals surface area contributed by atoms with Crippen LogP contribution in [0.2, 0.25) is 0 Å². The van der Waals surface area contributed by atoms with E-state index in [0.29, 0.717) is 12.8 Å². The molecule has 0 aromatic rings. The lowest BCUT2D eigenvalue weighted by Gasteiger charge is -2.27. The van der Waals surface area contributed by atoms with Gasteiger partial charge in [0.15, 0.2) is 0 Å². The molecule has 0 aliphatic rings. The van der Waals surface area contributed by atoms with Gasteiger partial charge in [-0.25, -0.2) is 4.57 Å². The van der Waals surface area contributed by atoms with Crippen LogP contribution in [-0.4, -0.2) is 38.3 Å². The molecule has 3 atom stereocenters. The van der Waals surface area contributed by atoms with E-state index < -0.39 is 26.1 Å². The highest BCUT2D eigenvalue weighted by molar-refractivity contribution is 7.46. The van der Waals surface area contributed by atoms with Crippen LogP contribution >= 0.6 is 7.82 Å². The van der Waals surface area contributed by atoms with Crippen molar-refractivity contribution in [3.8, 4) is 0 Å². The van der Waals surface area contributed by atoms with E-state index in [9.17, 15) is 24.6 Å². The molecule has 0 aromatic carbocycles. The maximum Gasteiger partial charge on any atom is 0.469 e. The molecule has 4 N–H and O–H groups in total. The number of aliphatic hydroxyl groups excluding tert-OH is 2. The van der Waals surface area contributed by atoms with Crippen LogP contribution < -0.4 is 0 Å². The number of aliphatic hydroxyl groups is 2. The van der Waals surface area contributed by atoms with Gasteiger partial charge in [0, 0.05) is 0 Å². The van der Waals surface area contributed by atoms with Crippen molar-refractivity contribution in [2.24, 2.45) is 0 Å². The Balaban J connectivity index is 3.88. The molecule has 42 heavy (non-hydrogen) atoms. The molecule has 0 rings (SSSR count). The third-order valence-electron chi connectivity index (χ3n) is 8.74. The van der Waals surface area contributed by atoms with Crippen LogP contribution in [0.25, 0.3) is 0 Å². The second-order valence-corrected chi connectivity index (χ2v) is 14.2. The van der Waals surface area contributed by atoms with Crippen molar-refractivity contribution in [2.45, 2.75) is 225 Å². The van der Waals surface area contributed by atoms with Crippen molar-refractivity contribution >= 4 is 7.82 Å². The van der Waals surface area contributed by atoms with Gasteiger partial charge in [-0.3, -0.25) is 4.52 Å². The fraction of sp³-hybridized carbons (Fsp3) is 1.00. The fourth-order valence-corrected chi connectivity index (χ4v) is 6.55. The highest BCUT2D eigenvalue weighted by Crippen LogP contribution is 2.40. The molecular weight excluding hydrogens is 547 g/mol. The molecule has 0 saturated carbocycles. The summed E-state index contributed by atoms with van der Waals surface area (Å²) in [5.41, 5.74) is 0. The van der Waals surface area contributed by atoms with Crippen LogP contribution in [0.4, 0.5) is 0 Å². The number of unbranched alkanes of at least 4 members (excludes halogenated alkanes) is 26. The summed E-state index contributed by atoms with van der Waals surface area (Å²) in [5, 5.41) is 21.1. The number of hydrogen-bond donors (Lipinski definition) is 4. The molecule has 0 aromatic heterocycles. The summed E-state index contributed by atoms with van der Waals surface area (Å²) in [7, 11) is -4.74. The zero-order valence-corrected chi connectivity index (χ0v) is 28.9. The summed E-state index contributed by atoms with van der Waals surface area (Å²) in [6, 6.07) is 0. The van der Waals surface area contributed by atoms with Crippen LogP contribution in [0.15, 0.2) is 0 Å². The molecule has 0 spiro atoms. The van der Waals surface area contributed by atoms with E-state index in [1.54, 1.807) is 0 Å². The summed E-state index contributed by atoms with van der Waals surface area (Å²) in [4.78, 5) is 18.7. The molecule has 0 fully saturated rings. The van der Waals surface area contributed by atoms with Crippen molar-refractivity contribution < 1.29 is 29.1 Å². The van der Waals surface area contributed by atoms with Gasteiger partial charge < -0.3 is 20.0 Å². The van der Waals surface area contributed by atoms with Gasteiger partial charge in [-0.2, -0.15) is 0 Å². The van der Waals surface area contributed by atoms with E-state index in [-0.39, 0.29) is 0 Å². The zero-order chi connectivity index (χ0) is 31.2. The Kier molecular flexibility index (Phi) is 31.1. The van der Waals surface area contributed by atoms with E-state index in [1.807, 2.05) is 0 Å². The maximum absolute atomic E-state index is 11.5. The van der Waals surface area contributed by atoms with E-state index in [0.717, 1.165) is 38.5 Å². The Labute approximate surface area is 261 Å². The smallest absolute Gasteiger partial charge is 0.390 e. The minimum atomic E-state index is -4.74. The van der Waals surface area contributed by atoms with Crippen molar-refractivity contribution in [1.82, 2.24) is 0 Å². The predicted molar refractivity (Wildman–Crippen MR) is 179 cm³/mol. The first-order chi connectivity index (χ1) is 20.3. The summed E-state index contributed by atoms with van der Waals surface area (Å²) >= 11 is 0. The SMILES string of the molecule is CCCCCCCCCCCCCCCCC(O)[C@@H](O)C(CCCCCCCCCCCCCCCC)OP(=O)(O)O. The molecule has 0 saturated heterocycles. The molecule has 0 radical (unpaired) electrons. The van der Waals surface area contributed by atoms with Crippen molar-refractivity contribution in [3.63, 3.8) is 0 Å². The minimum Gasteiger partial charge on any atom is -0.390 e. The van der Waals surface area contributed by atoms with Gasteiger partial charge in [-0.1, -0.05) is 194 Å². The lowest BCUT2D eigenvalue weighted by Crippen LogP contribution is -2.38. The average Bonchev–Trinajstić information content (AvgIpc) is 2.95. The molecule has 0 bridgehead atoms. The Morgan fingerprint density at radius 3 is 1.00 bits per heavy atom. The summed E-state index contributed by atoms with van der Waals surface area (Å²) in [6.07, 6.45) is 32.3.